The van der Waals surface area contributed by atoms with Gasteiger partial charge < -0.3 is 5.32 Å². The highest BCUT2D eigenvalue weighted by atomic mass is 32.2. The van der Waals surface area contributed by atoms with Crippen molar-refractivity contribution in [3.63, 3.8) is 0 Å². The number of carbonyl (C=O) groups is 1. The van der Waals surface area contributed by atoms with E-state index in [0.29, 0.717) is 24.9 Å². The van der Waals surface area contributed by atoms with Gasteiger partial charge in [0, 0.05) is 36.8 Å². The van der Waals surface area contributed by atoms with E-state index in [1.165, 1.54) is 5.56 Å². The average Bonchev–Trinajstić information content (AvgIpc) is 2.96. The molecule has 3 aliphatic heterocycles. The van der Waals surface area contributed by atoms with E-state index in [0.717, 1.165) is 43.5 Å². The number of anilines is 1. The minimum atomic E-state index is -3.58. The molecule has 2 fully saturated rings. The standard InChI is InChI=1S/C23H27N3O3S/c27-23-11-6-17-12-21(9-10-22(17)24-23)30(28,29)25-18-13-19-7-8-20(14-18)26(19)15-16-4-2-1-3-5-16/h1-5,9-10,12,18-20,25H,6-8,11,13-15H2,(H,24,27). The maximum absolute atomic E-state index is 13.0. The molecule has 30 heavy (non-hydrogen) atoms. The number of sulfonamides is 1. The van der Waals surface area contributed by atoms with Gasteiger partial charge in [-0.25, -0.2) is 13.1 Å². The molecule has 2 atom stereocenters. The summed E-state index contributed by atoms with van der Waals surface area (Å²) in [5.74, 6) is -0.0195. The van der Waals surface area contributed by atoms with E-state index in [1.807, 2.05) is 6.07 Å². The molecule has 6 nitrogen and oxygen atoms in total. The van der Waals surface area contributed by atoms with Crippen LogP contribution in [0.2, 0.25) is 0 Å². The monoisotopic (exact) mass is 425 g/mol. The minimum Gasteiger partial charge on any atom is -0.326 e. The summed E-state index contributed by atoms with van der Waals surface area (Å²) in [6.07, 6.45) is 4.94. The zero-order chi connectivity index (χ0) is 20.7. The van der Waals surface area contributed by atoms with Gasteiger partial charge in [0.25, 0.3) is 0 Å². The highest BCUT2D eigenvalue weighted by Crippen LogP contribution is 2.37. The fourth-order valence-corrected chi connectivity index (χ4v) is 6.55. The molecule has 2 N–H and O–H groups in total. The van der Waals surface area contributed by atoms with Crippen molar-refractivity contribution in [2.45, 2.75) is 68.1 Å². The zero-order valence-corrected chi connectivity index (χ0v) is 17.7. The van der Waals surface area contributed by atoms with E-state index in [4.69, 9.17) is 0 Å². The Labute approximate surface area is 177 Å². The first kappa shape index (κ1) is 19.7. The Balaban J connectivity index is 1.27. The number of hydrogen-bond acceptors (Lipinski definition) is 4. The number of aryl methyl sites for hydroxylation is 1. The SMILES string of the molecule is O=C1CCc2cc(S(=O)(=O)NC3CC4CCC(C3)N4Cc3ccccc3)ccc2N1. The van der Waals surface area contributed by atoms with Gasteiger partial charge in [0.05, 0.1) is 4.90 Å². The van der Waals surface area contributed by atoms with Gasteiger partial charge in [-0.15, -0.1) is 0 Å². The highest BCUT2D eigenvalue weighted by Gasteiger charge is 2.41. The molecule has 2 saturated heterocycles. The minimum absolute atomic E-state index is 0.0195. The molecule has 158 valence electrons. The quantitative estimate of drug-likeness (QED) is 0.772. The lowest BCUT2D eigenvalue weighted by atomic mass is 9.97. The maximum Gasteiger partial charge on any atom is 0.240 e. The largest absolute Gasteiger partial charge is 0.326 e. The first-order valence-electron chi connectivity index (χ1n) is 10.7. The molecule has 3 heterocycles. The third-order valence-corrected chi connectivity index (χ3v) is 8.21. The molecule has 5 rings (SSSR count). The van der Waals surface area contributed by atoms with Crippen molar-refractivity contribution >= 4 is 21.6 Å². The van der Waals surface area contributed by atoms with Crippen LogP contribution in [0.1, 0.15) is 43.2 Å². The normalized spacial score (nSPS) is 26.3. The highest BCUT2D eigenvalue weighted by molar-refractivity contribution is 7.89. The van der Waals surface area contributed by atoms with Crippen LogP contribution in [0, 0.1) is 0 Å². The van der Waals surface area contributed by atoms with Gasteiger partial charge in [0.1, 0.15) is 0 Å². The van der Waals surface area contributed by atoms with E-state index in [1.54, 1.807) is 18.2 Å². The van der Waals surface area contributed by atoms with Gasteiger partial charge in [0.2, 0.25) is 15.9 Å². The van der Waals surface area contributed by atoms with Crippen LogP contribution in [0.5, 0.6) is 0 Å². The molecule has 2 aromatic carbocycles. The molecule has 0 spiro atoms. The van der Waals surface area contributed by atoms with Gasteiger partial charge in [-0.2, -0.15) is 0 Å². The lowest BCUT2D eigenvalue weighted by molar-refractivity contribution is -0.116. The number of fused-ring (bicyclic) bond motifs is 3. The molecule has 0 aromatic heterocycles. The molecule has 0 radical (unpaired) electrons. The van der Waals surface area contributed by atoms with Crippen LogP contribution < -0.4 is 10.0 Å². The Morgan fingerprint density at radius 1 is 1.00 bits per heavy atom. The fourth-order valence-electron chi connectivity index (χ4n) is 5.24. The van der Waals surface area contributed by atoms with Gasteiger partial charge in [-0.3, -0.25) is 9.69 Å². The number of amides is 1. The first-order valence-corrected chi connectivity index (χ1v) is 12.2. The summed E-state index contributed by atoms with van der Waals surface area (Å²) in [5, 5.41) is 2.80. The molecule has 0 aliphatic carbocycles. The predicted octanol–water partition coefficient (Wildman–Crippen LogP) is 3.05. The van der Waals surface area contributed by atoms with Gasteiger partial charge in [-0.05, 0) is 61.4 Å². The Bertz CT molecular complexity index is 1040. The Hall–Kier alpha value is -2.22. The molecule has 3 aliphatic rings. The summed E-state index contributed by atoms with van der Waals surface area (Å²) in [7, 11) is -3.58. The van der Waals surface area contributed by atoms with Crippen molar-refractivity contribution in [2.75, 3.05) is 5.32 Å². The van der Waals surface area contributed by atoms with Crippen molar-refractivity contribution in [3.05, 3.63) is 59.7 Å². The van der Waals surface area contributed by atoms with Crippen LogP contribution in [-0.2, 0) is 27.8 Å². The topological polar surface area (TPSA) is 78.5 Å². The number of carbonyl (C=O) groups excluding carboxylic acids is 1. The molecule has 2 bridgehead atoms. The van der Waals surface area contributed by atoms with Gasteiger partial charge in [0.15, 0.2) is 0 Å². The summed E-state index contributed by atoms with van der Waals surface area (Å²) in [5.41, 5.74) is 2.92. The van der Waals surface area contributed by atoms with E-state index < -0.39 is 10.0 Å². The van der Waals surface area contributed by atoms with Crippen molar-refractivity contribution in [2.24, 2.45) is 0 Å². The number of nitrogens with one attached hydrogen (secondary N) is 2. The summed E-state index contributed by atoms with van der Waals surface area (Å²) in [6, 6.07) is 16.3. The van der Waals surface area contributed by atoms with E-state index >= 15 is 0 Å². The van der Waals surface area contributed by atoms with Crippen LogP contribution in [0.4, 0.5) is 5.69 Å². The van der Waals surface area contributed by atoms with E-state index in [-0.39, 0.29) is 16.8 Å². The van der Waals surface area contributed by atoms with E-state index in [2.05, 4.69) is 39.2 Å². The molecular weight excluding hydrogens is 398 g/mol. The lowest BCUT2D eigenvalue weighted by Crippen LogP contribution is -2.49. The molecule has 7 heteroatoms. The van der Waals surface area contributed by atoms with Gasteiger partial charge >= 0.3 is 0 Å². The zero-order valence-electron chi connectivity index (χ0n) is 16.9. The van der Waals surface area contributed by atoms with Crippen LogP contribution in [-0.4, -0.2) is 37.4 Å². The average molecular weight is 426 g/mol. The number of hydrogen-bond donors (Lipinski definition) is 2. The number of piperidine rings is 1. The van der Waals surface area contributed by atoms with Crippen LogP contribution >= 0.6 is 0 Å². The van der Waals surface area contributed by atoms with Gasteiger partial charge in [-0.1, -0.05) is 30.3 Å². The van der Waals surface area contributed by atoms with E-state index in [9.17, 15) is 13.2 Å². The second-order valence-corrected chi connectivity index (χ2v) is 10.4. The second-order valence-electron chi connectivity index (χ2n) is 8.70. The molecular formula is C23H27N3O3S. The Morgan fingerprint density at radius 2 is 1.73 bits per heavy atom. The second kappa shape index (κ2) is 7.80. The third-order valence-electron chi connectivity index (χ3n) is 6.70. The fraction of sp³-hybridized carbons (Fsp3) is 0.435. The summed E-state index contributed by atoms with van der Waals surface area (Å²) < 4.78 is 29.1. The van der Waals surface area contributed by atoms with Crippen LogP contribution in [0.15, 0.2) is 53.4 Å². The summed E-state index contributed by atoms with van der Waals surface area (Å²) >= 11 is 0. The van der Waals surface area contributed by atoms with Crippen LogP contribution in [0.25, 0.3) is 0 Å². The summed E-state index contributed by atoms with van der Waals surface area (Å²) in [4.78, 5) is 14.4. The number of nitrogens with zero attached hydrogens (tertiary/aromatic N) is 1. The van der Waals surface area contributed by atoms with Crippen molar-refractivity contribution in [1.29, 1.82) is 0 Å². The number of benzene rings is 2. The third kappa shape index (κ3) is 3.89. The molecule has 0 saturated carbocycles. The molecule has 2 aromatic rings. The predicted molar refractivity (Wildman–Crippen MR) is 116 cm³/mol. The Kier molecular flexibility index (Phi) is 5.13. The lowest BCUT2D eigenvalue weighted by Gasteiger charge is -2.39. The summed E-state index contributed by atoms with van der Waals surface area (Å²) in [6.45, 7) is 0.937. The molecule has 1 amide bonds. The molecule has 2 unspecified atom stereocenters. The number of rotatable bonds is 5. The maximum atomic E-state index is 13.0. The van der Waals surface area contributed by atoms with Crippen molar-refractivity contribution in [1.82, 2.24) is 9.62 Å². The van der Waals surface area contributed by atoms with Crippen LogP contribution in [0.3, 0.4) is 0 Å². The van der Waals surface area contributed by atoms with Crippen molar-refractivity contribution in [3.8, 4) is 0 Å². The first-order chi connectivity index (χ1) is 14.5. The smallest absolute Gasteiger partial charge is 0.240 e. The Morgan fingerprint density at radius 3 is 2.47 bits per heavy atom. The van der Waals surface area contributed by atoms with Crippen molar-refractivity contribution < 1.29 is 13.2 Å².